The summed E-state index contributed by atoms with van der Waals surface area (Å²) >= 11 is 0. The summed E-state index contributed by atoms with van der Waals surface area (Å²) in [6.07, 6.45) is 0.642. The van der Waals surface area contributed by atoms with E-state index in [4.69, 9.17) is 0 Å². The van der Waals surface area contributed by atoms with Gasteiger partial charge in [0, 0.05) is 50.7 Å². The van der Waals surface area contributed by atoms with Gasteiger partial charge in [0.1, 0.15) is 11.6 Å². The van der Waals surface area contributed by atoms with E-state index >= 15 is 0 Å². The van der Waals surface area contributed by atoms with Gasteiger partial charge in [0.15, 0.2) is 0 Å². The predicted molar refractivity (Wildman–Crippen MR) is 135 cm³/mol. The number of carbonyl (C=O) groups is 2. The molecular weight excluding hydrogens is 460 g/mol. The van der Waals surface area contributed by atoms with Gasteiger partial charge in [0.25, 0.3) is 5.91 Å². The van der Waals surface area contributed by atoms with Crippen LogP contribution >= 0.6 is 0 Å². The van der Waals surface area contributed by atoms with Crippen LogP contribution in [0.4, 0.5) is 14.5 Å². The summed E-state index contributed by atoms with van der Waals surface area (Å²) in [7, 11) is 0. The van der Waals surface area contributed by atoms with Crippen LogP contribution in [0, 0.1) is 17.6 Å². The van der Waals surface area contributed by atoms with Gasteiger partial charge in [-0.25, -0.2) is 8.78 Å². The van der Waals surface area contributed by atoms with Crippen molar-refractivity contribution in [3.05, 3.63) is 102 Å². The van der Waals surface area contributed by atoms with Crippen molar-refractivity contribution in [1.82, 2.24) is 9.80 Å². The van der Waals surface area contributed by atoms with E-state index < -0.39 is 5.82 Å². The molecule has 2 aliphatic rings. The Hall–Kier alpha value is -3.74. The van der Waals surface area contributed by atoms with Crippen molar-refractivity contribution in [2.75, 3.05) is 44.2 Å². The first-order valence-corrected chi connectivity index (χ1v) is 12.4. The lowest BCUT2D eigenvalue weighted by molar-refractivity contribution is -0.137. The summed E-state index contributed by atoms with van der Waals surface area (Å²) in [5.41, 5.74) is 1.92. The molecule has 0 aliphatic carbocycles. The third kappa shape index (κ3) is 5.10. The van der Waals surface area contributed by atoms with Crippen molar-refractivity contribution in [3.63, 3.8) is 0 Å². The van der Waals surface area contributed by atoms with Gasteiger partial charge in [-0.1, -0.05) is 48.5 Å². The number of rotatable bonds is 4. The van der Waals surface area contributed by atoms with E-state index in [2.05, 4.69) is 0 Å². The van der Waals surface area contributed by atoms with Gasteiger partial charge < -0.3 is 14.7 Å². The Labute approximate surface area is 209 Å². The monoisotopic (exact) mass is 489 g/mol. The second-order valence-electron chi connectivity index (χ2n) is 9.52. The minimum atomic E-state index is -0.460. The largest absolute Gasteiger partial charge is 0.366 e. The third-order valence-electron chi connectivity index (χ3n) is 7.21. The summed E-state index contributed by atoms with van der Waals surface area (Å²) in [5.74, 6) is -1.33. The van der Waals surface area contributed by atoms with Gasteiger partial charge in [-0.2, -0.15) is 0 Å². The minimum Gasteiger partial charge on any atom is -0.366 e. The molecule has 5 rings (SSSR count). The molecule has 0 N–H and O–H groups in total. The number of likely N-dealkylation sites (tertiary alicyclic amines) is 1. The van der Waals surface area contributed by atoms with Crippen LogP contribution in [0.3, 0.4) is 0 Å². The molecule has 0 spiro atoms. The third-order valence-corrected chi connectivity index (χ3v) is 7.21. The lowest BCUT2D eigenvalue weighted by atomic mass is 9.83. The van der Waals surface area contributed by atoms with Crippen LogP contribution in [-0.2, 0) is 4.79 Å². The molecular formula is C29H29F2N3O2. The van der Waals surface area contributed by atoms with E-state index in [9.17, 15) is 18.4 Å². The number of hydrogen-bond acceptors (Lipinski definition) is 3. The highest BCUT2D eigenvalue weighted by atomic mass is 19.1. The van der Waals surface area contributed by atoms with Crippen LogP contribution in [0.2, 0.25) is 0 Å². The minimum absolute atomic E-state index is 0.00566. The number of benzene rings is 3. The van der Waals surface area contributed by atoms with E-state index in [0.29, 0.717) is 51.4 Å². The molecule has 2 amide bonds. The molecule has 2 aliphatic heterocycles. The average molecular weight is 490 g/mol. The van der Waals surface area contributed by atoms with E-state index in [1.165, 1.54) is 24.3 Å². The van der Waals surface area contributed by atoms with Crippen LogP contribution in [-0.4, -0.2) is 60.9 Å². The SMILES string of the molecule is O=C(c1cccc(F)c1)N1CC(C(=O)N2CCN(c3ccccc3F)CC2)CC(c2ccccc2)C1. The van der Waals surface area contributed by atoms with Gasteiger partial charge >= 0.3 is 0 Å². The maximum absolute atomic E-state index is 14.2. The smallest absolute Gasteiger partial charge is 0.253 e. The molecule has 3 aromatic carbocycles. The number of hydrogen-bond donors (Lipinski definition) is 0. The molecule has 5 nitrogen and oxygen atoms in total. The average Bonchev–Trinajstić information content (AvgIpc) is 2.93. The standard InChI is InChI=1S/C29H29F2N3O2/c30-25-10-6-9-22(18-25)28(35)34-19-23(21-7-2-1-3-8-21)17-24(20-34)29(36)33-15-13-32(14-16-33)27-12-5-4-11-26(27)31/h1-12,18,23-24H,13-17,19-20H2. The Kier molecular flexibility index (Phi) is 6.98. The number of piperazine rings is 1. The number of para-hydroxylation sites is 1. The summed E-state index contributed by atoms with van der Waals surface area (Å²) < 4.78 is 28.0. The van der Waals surface area contributed by atoms with Gasteiger partial charge in [-0.3, -0.25) is 9.59 Å². The zero-order chi connectivity index (χ0) is 25.1. The first-order chi connectivity index (χ1) is 17.5. The highest BCUT2D eigenvalue weighted by Crippen LogP contribution is 2.32. The molecule has 2 fully saturated rings. The summed E-state index contributed by atoms with van der Waals surface area (Å²) in [6.45, 7) is 2.87. The number of halogens is 2. The second kappa shape index (κ2) is 10.5. The van der Waals surface area contributed by atoms with E-state index in [0.717, 1.165) is 5.56 Å². The van der Waals surface area contributed by atoms with E-state index in [-0.39, 0.29) is 35.0 Å². The van der Waals surface area contributed by atoms with Crippen LogP contribution < -0.4 is 4.90 Å². The fraction of sp³-hybridized carbons (Fsp3) is 0.310. The maximum Gasteiger partial charge on any atom is 0.253 e. The highest BCUT2D eigenvalue weighted by molar-refractivity contribution is 5.95. The lowest BCUT2D eigenvalue weighted by Crippen LogP contribution is -2.54. The van der Waals surface area contributed by atoms with E-state index in [1.807, 2.05) is 46.2 Å². The zero-order valence-corrected chi connectivity index (χ0v) is 20.0. The summed E-state index contributed by atoms with van der Waals surface area (Å²) in [5, 5.41) is 0. The number of anilines is 1. The Balaban J connectivity index is 1.32. The molecule has 0 aromatic heterocycles. The molecule has 3 aromatic rings. The molecule has 0 radical (unpaired) electrons. The Morgan fingerprint density at radius 2 is 1.47 bits per heavy atom. The van der Waals surface area contributed by atoms with Crippen LogP contribution in [0.5, 0.6) is 0 Å². The lowest BCUT2D eigenvalue weighted by Gasteiger charge is -2.42. The summed E-state index contributed by atoms with van der Waals surface area (Å²) in [4.78, 5) is 32.4. The molecule has 2 saturated heterocycles. The van der Waals surface area contributed by atoms with Gasteiger partial charge in [0.05, 0.1) is 11.6 Å². The van der Waals surface area contributed by atoms with Crippen LogP contribution in [0.25, 0.3) is 0 Å². The Bertz CT molecular complexity index is 1230. The summed E-state index contributed by atoms with van der Waals surface area (Å²) in [6, 6.07) is 22.3. The molecule has 0 bridgehead atoms. The van der Waals surface area contributed by atoms with Crippen LogP contribution in [0.1, 0.15) is 28.3 Å². The second-order valence-corrected chi connectivity index (χ2v) is 9.52. The van der Waals surface area contributed by atoms with Gasteiger partial charge in [-0.05, 0) is 42.3 Å². The first kappa shape index (κ1) is 24.0. The molecule has 0 saturated carbocycles. The number of piperidine rings is 1. The van der Waals surface area contributed by atoms with Gasteiger partial charge in [0.2, 0.25) is 5.91 Å². The fourth-order valence-corrected chi connectivity index (χ4v) is 5.35. The van der Waals surface area contributed by atoms with E-state index in [1.54, 1.807) is 23.1 Å². The molecule has 2 atom stereocenters. The molecule has 7 heteroatoms. The quantitative estimate of drug-likeness (QED) is 0.540. The van der Waals surface area contributed by atoms with Crippen molar-refractivity contribution < 1.29 is 18.4 Å². The maximum atomic E-state index is 14.2. The molecule has 186 valence electrons. The Morgan fingerprint density at radius 3 is 2.19 bits per heavy atom. The predicted octanol–water partition coefficient (Wildman–Crippen LogP) is 4.56. The normalized spacial score (nSPS) is 20.3. The highest BCUT2D eigenvalue weighted by Gasteiger charge is 2.37. The molecule has 2 unspecified atom stereocenters. The van der Waals surface area contributed by atoms with Crippen LogP contribution in [0.15, 0.2) is 78.9 Å². The van der Waals surface area contributed by atoms with Crippen molar-refractivity contribution in [2.24, 2.45) is 5.92 Å². The topological polar surface area (TPSA) is 43.9 Å². The molecule has 2 heterocycles. The van der Waals surface area contributed by atoms with Crippen molar-refractivity contribution in [1.29, 1.82) is 0 Å². The number of amides is 2. The molecule has 36 heavy (non-hydrogen) atoms. The van der Waals surface area contributed by atoms with Crippen molar-refractivity contribution in [2.45, 2.75) is 12.3 Å². The zero-order valence-electron chi connectivity index (χ0n) is 20.0. The van der Waals surface area contributed by atoms with Crippen molar-refractivity contribution >= 4 is 17.5 Å². The van der Waals surface area contributed by atoms with Gasteiger partial charge in [-0.15, -0.1) is 0 Å². The fourth-order valence-electron chi connectivity index (χ4n) is 5.35. The first-order valence-electron chi connectivity index (χ1n) is 12.4. The number of carbonyl (C=O) groups excluding carboxylic acids is 2. The number of nitrogens with zero attached hydrogens (tertiary/aromatic N) is 3. The van der Waals surface area contributed by atoms with Crippen molar-refractivity contribution in [3.8, 4) is 0 Å². The Morgan fingerprint density at radius 1 is 0.750 bits per heavy atom.